The lowest BCUT2D eigenvalue weighted by Gasteiger charge is -2.15. The molecular weight excluding hydrogens is 380 g/mol. The summed E-state index contributed by atoms with van der Waals surface area (Å²) in [6.45, 7) is 3.84. The molecule has 118 valence electrons. The number of pyridine rings is 1. The van der Waals surface area contributed by atoms with Crippen molar-refractivity contribution in [2.24, 2.45) is 0 Å². The molecule has 1 amide bonds. The molecule has 6 heteroatoms. The lowest BCUT2D eigenvalue weighted by Crippen LogP contribution is -2.26. The Labute approximate surface area is 147 Å². The van der Waals surface area contributed by atoms with Gasteiger partial charge in [-0.2, -0.15) is 0 Å². The van der Waals surface area contributed by atoms with Crippen molar-refractivity contribution in [2.75, 3.05) is 11.9 Å². The summed E-state index contributed by atoms with van der Waals surface area (Å²) < 4.78 is 6.81. The summed E-state index contributed by atoms with van der Waals surface area (Å²) in [6.07, 6.45) is 1.56. The van der Waals surface area contributed by atoms with Gasteiger partial charge >= 0.3 is 0 Å². The van der Waals surface area contributed by atoms with Gasteiger partial charge in [0, 0.05) is 22.5 Å². The molecule has 0 N–H and O–H groups in total. The summed E-state index contributed by atoms with van der Waals surface area (Å²) >= 11 is 9.26. The topological polar surface area (TPSA) is 46.3 Å². The largest absolute Gasteiger partial charge is 0.450 e. The third-order valence-corrected chi connectivity index (χ3v) is 4.47. The first-order chi connectivity index (χ1) is 10.9. The monoisotopic (exact) mass is 392 g/mol. The van der Waals surface area contributed by atoms with E-state index in [0.29, 0.717) is 16.6 Å². The molecule has 0 atom stereocenters. The molecular formula is C17H14BrClN2O2. The second-order valence-corrected chi connectivity index (χ2v) is 6.66. The Kier molecular flexibility index (Phi) is 4.17. The minimum absolute atomic E-state index is 0.224. The minimum Gasteiger partial charge on any atom is -0.450 e. The van der Waals surface area contributed by atoms with Crippen molar-refractivity contribution in [1.82, 2.24) is 4.98 Å². The molecule has 0 saturated carbocycles. The third-order valence-electron chi connectivity index (χ3n) is 3.79. The molecule has 0 unspecified atom stereocenters. The number of hydrogen-bond acceptors (Lipinski definition) is 3. The van der Waals surface area contributed by atoms with Gasteiger partial charge in [-0.15, -0.1) is 0 Å². The van der Waals surface area contributed by atoms with Crippen LogP contribution in [0.15, 0.2) is 39.4 Å². The lowest BCUT2D eigenvalue weighted by atomic mass is 10.1. The van der Waals surface area contributed by atoms with E-state index in [4.69, 9.17) is 16.0 Å². The Morgan fingerprint density at radius 2 is 2.04 bits per heavy atom. The zero-order chi connectivity index (χ0) is 16.7. The van der Waals surface area contributed by atoms with Crippen molar-refractivity contribution in [3.8, 4) is 0 Å². The quantitative estimate of drug-likeness (QED) is 0.567. The highest BCUT2D eigenvalue weighted by atomic mass is 79.9. The third kappa shape index (κ3) is 2.86. The Balaban J connectivity index is 2.05. The van der Waals surface area contributed by atoms with E-state index in [1.807, 2.05) is 26.0 Å². The van der Waals surface area contributed by atoms with Gasteiger partial charge in [-0.05, 0) is 43.7 Å². The van der Waals surface area contributed by atoms with Crippen LogP contribution in [0.2, 0.25) is 5.15 Å². The first-order valence-electron chi connectivity index (χ1n) is 6.97. The van der Waals surface area contributed by atoms with Crippen molar-refractivity contribution in [3.63, 3.8) is 0 Å². The zero-order valence-electron chi connectivity index (χ0n) is 12.9. The van der Waals surface area contributed by atoms with Crippen LogP contribution < -0.4 is 4.90 Å². The van der Waals surface area contributed by atoms with Crippen LogP contribution in [-0.2, 0) is 0 Å². The number of furan rings is 1. The number of carbonyl (C=O) groups excluding carboxylic acids is 1. The SMILES string of the molecule is Cc1c(C(=O)N(C)c2ccc(Cl)nc2)oc2c(C)cc(Br)cc12. The van der Waals surface area contributed by atoms with E-state index in [0.717, 1.165) is 26.6 Å². The molecule has 0 radical (unpaired) electrons. The van der Waals surface area contributed by atoms with Crippen LogP contribution in [0.25, 0.3) is 11.0 Å². The molecule has 23 heavy (non-hydrogen) atoms. The Hall–Kier alpha value is -1.85. The van der Waals surface area contributed by atoms with Crippen molar-refractivity contribution < 1.29 is 9.21 Å². The fraction of sp³-hybridized carbons (Fsp3) is 0.176. The molecule has 0 aliphatic rings. The van der Waals surface area contributed by atoms with Gasteiger partial charge < -0.3 is 9.32 Å². The summed E-state index contributed by atoms with van der Waals surface area (Å²) in [6, 6.07) is 7.31. The van der Waals surface area contributed by atoms with Gasteiger partial charge in [0.1, 0.15) is 10.7 Å². The van der Waals surface area contributed by atoms with Crippen molar-refractivity contribution in [3.05, 3.63) is 57.0 Å². The van der Waals surface area contributed by atoms with E-state index in [2.05, 4.69) is 20.9 Å². The molecule has 0 aliphatic heterocycles. The molecule has 3 aromatic rings. The van der Waals surface area contributed by atoms with Gasteiger partial charge in [0.2, 0.25) is 0 Å². The van der Waals surface area contributed by atoms with Crippen LogP contribution in [0, 0.1) is 13.8 Å². The van der Waals surface area contributed by atoms with E-state index in [-0.39, 0.29) is 5.91 Å². The predicted molar refractivity (Wildman–Crippen MR) is 95.4 cm³/mol. The number of aromatic nitrogens is 1. The molecule has 1 aromatic carbocycles. The van der Waals surface area contributed by atoms with Gasteiger partial charge in [0.25, 0.3) is 5.91 Å². The van der Waals surface area contributed by atoms with Gasteiger partial charge in [0.05, 0.1) is 11.9 Å². The number of carbonyl (C=O) groups is 1. The first-order valence-corrected chi connectivity index (χ1v) is 8.14. The highest BCUT2D eigenvalue weighted by Crippen LogP contribution is 2.32. The number of aryl methyl sites for hydroxylation is 2. The van der Waals surface area contributed by atoms with E-state index in [1.54, 1.807) is 25.4 Å². The number of hydrogen-bond donors (Lipinski definition) is 0. The fourth-order valence-electron chi connectivity index (χ4n) is 2.48. The number of halogens is 2. The van der Waals surface area contributed by atoms with E-state index in [9.17, 15) is 4.79 Å². The van der Waals surface area contributed by atoms with E-state index >= 15 is 0 Å². The van der Waals surface area contributed by atoms with Gasteiger partial charge in [0.15, 0.2) is 5.76 Å². The summed E-state index contributed by atoms with van der Waals surface area (Å²) in [5, 5.41) is 1.32. The van der Waals surface area contributed by atoms with Crippen molar-refractivity contribution in [2.45, 2.75) is 13.8 Å². The fourth-order valence-corrected chi connectivity index (χ4v) is 3.17. The summed E-state index contributed by atoms with van der Waals surface area (Å²) in [4.78, 5) is 18.3. The number of anilines is 1. The molecule has 4 nitrogen and oxygen atoms in total. The van der Waals surface area contributed by atoms with Crippen LogP contribution in [0.4, 0.5) is 5.69 Å². The van der Waals surface area contributed by atoms with Crippen LogP contribution in [0.1, 0.15) is 21.7 Å². The normalized spacial score (nSPS) is 11.0. The molecule has 3 rings (SSSR count). The lowest BCUT2D eigenvalue weighted by molar-refractivity contribution is 0.0967. The van der Waals surface area contributed by atoms with E-state index in [1.165, 1.54) is 4.90 Å². The number of rotatable bonds is 2. The Bertz CT molecular complexity index is 903. The van der Waals surface area contributed by atoms with E-state index < -0.39 is 0 Å². The van der Waals surface area contributed by atoms with Crippen molar-refractivity contribution >= 4 is 50.1 Å². The average molecular weight is 394 g/mol. The van der Waals surface area contributed by atoms with Crippen molar-refractivity contribution in [1.29, 1.82) is 0 Å². The second kappa shape index (κ2) is 5.98. The number of nitrogens with zero attached hydrogens (tertiary/aromatic N) is 2. The Morgan fingerprint density at radius 3 is 2.70 bits per heavy atom. The number of amides is 1. The van der Waals surface area contributed by atoms with Crippen LogP contribution in [0.5, 0.6) is 0 Å². The van der Waals surface area contributed by atoms with Gasteiger partial charge in [-0.25, -0.2) is 4.98 Å². The van der Waals surface area contributed by atoms with Crippen LogP contribution in [0.3, 0.4) is 0 Å². The minimum atomic E-state index is -0.224. The second-order valence-electron chi connectivity index (χ2n) is 5.36. The smallest absolute Gasteiger partial charge is 0.294 e. The Morgan fingerprint density at radius 1 is 1.30 bits per heavy atom. The first kappa shape index (κ1) is 16.0. The number of fused-ring (bicyclic) bond motifs is 1. The molecule has 0 spiro atoms. The van der Waals surface area contributed by atoms with Crippen LogP contribution >= 0.6 is 27.5 Å². The zero-order valence-corrected chi connectivity index (χ0v) is 15.2. The molecule has 0 saturated heterocycles. The molecule has 2 aromatic heterocycles. The molecule has 0 fully saturated rings. The summed E-state index contributed by atoms with van der Waals surface area (Å²) in [5.41, 5.74) is 3.18. The highest BCUT2D eigenvalue weighted by molar-refractivity contribution is 9.10. The van der Waals surface area contributed by atoms with Gasteiger partial charge in [-0.3, -0.25) is 4.79 Å². The molecule has 2 heterocycles. The molecule has 0 aliphatic carbocycles. The highest BCUT2D eigenvalue weighted by Gasteiger charge is 2.23. The maximum Gasteiger partial charge on any atom is 0.294 e. The van der Waals surface area contributed by atoms with Crippen LogP contribution in [-0.4, -0.2) is 17.9 Å². The predicted octanol–water partition coefficient (Wildman–Crippen LogP) is 5.14. The summed E-state index contributed by atoms with van der Waals surface area (Å²) in [7, 11) is 1.68. The maximum absolute atomic E-state index is 12.8. The van der Waals surface area contributed by atoms with Gasteiger partial charge in [-0.1, -0.05) is 27.5 Å². The maximum atomic E-state index is 12.8. The summed E-state index contributed by atoms with van der Waals surface area (Å²) in [5.74, 6) is 0.108. The molecule has 0 bridgehead atoms. The standard InChI is InChI=1S/C17H14BrClN2O2/c1-9-6-11(18)7-13-10(2)16(23-15(9)13)17(22)21(3)12-4-5-14(19)20-8-12/h4-8H,1-3H3. The average Bonchev–Trinajstić information content (AvgIpc) is 2.84. The number of benzene rings is 1.